The Morgan fingerprint density at radius 3 is 2.12 bits per heavy atom. The van der Waals surface area contributed by atoms with Gasteiger partial charge in [-0.1, -0.05) is 17.8 Å². The molecular weight excluding hydrogens is 232 g/mol. The number of benzene rings is 2. The van der Waals surface area contributed by atoms with Gasteiger partial charge in [-0.3, -0.25) is 0 Å². The average Bonchev–Trinajstić information content (AvgIpc) is 2.40. The molecule has 0 N–H and O–H groups in total. The van der Waals surface area contributed by atoms with E-state index in [1.54, 1.807) is 26.0 Å². The Kier molecular flexibility index (Phi) is 3.94. The topological polar surface area (TPSA) is 18.5 Å². The van der Waals surface area contributed by atoms with Gasteiger partial charge in [0, 0.05) is 9.79 Å². The Hall–Kier alpha value is -1.61. The molecule has 0 spiro atoms. The molecule has 0 atom stereocenters. The molecule has 0 aliphatic rings. The summed E-state index contributed by atoms with van der Waals surface area (Å²) >= 11 is 1.70. The van der Waals surface area contributed by atoms with Crippen LogP contribution < -0.4 is 9.47 Å². The van der Waals surface area contributed by atoms with Gasteiger partial charge in [-0.25, -0.2) is 0 Å². The van der Waals surface area contributed by atoms with Crippen molar-refractivity contribution in [3.8, 4) is 11.5 Å². The van der Waals surface area contributed by atoms with Crippen LogP contribution in [0.2, 0.25) is 0 Å². The van der Waals surface area contributed by atoms with Crippen molar-refractivity contribution in [2.75, 3.05) is 14.2 Å². The molecule has 0 aromatic heterocycles. The molecule has 2 aromatic rings. The van der Waals surface area contributed by atoms with E-state index in [9.17, 15) is 0 Å². The molecule has 88 valence electrons. The number of ether oxygens (including phenoxy) is 2. The maximum atomic E-state index is 5.20. The van der Waals surface area contributed by atoms with Crippen molar-refractivity contribution in [3.63, 3.8) is 0 Å². The molecule has 2 rings (SSSR count). The third kappa shape index (κ3) is 3.17. The van der Waals surface area contributed by atoms with Crippen molar-refractivity contribution in [2.24, 2.45) is 0 Å². The summed E-state index contributed by atoms with van der Waals surface area (Å²) in [6.07, 6.45) is 0. The zero-order chi connectivity index (χ0) is 12.1. The largest absolute Gasteiger partial charge is 0.497 e. The van der Waals surface area contributed by atoms with Gasteiger partial charge in [-0.05, 0) is 42.5 Å². The van der Waals surface area contributed by atoms with Crippen molar-refractivity contribution in [1.82, 2.24) is 0 Å². The molecule has 3 heteroatoms. The van der Waals surface area contributed by atoms with Crippen LogP contribution in [0.5, 0.6) is 11.5 Å². The monoisotopic (exact) mass is 246 g/mol. The van der Waals surface area contributed by atoms with Gasteiger partial charge in [0.1, 0.15) is 11.5 Å². The lowest BCUT2D eigenvalue weighted by atomic mass is 10.3. The lowest BCUT2D eigenvalue weighted by Gasteiger charge is -2.05. The molecule has 17 heavy (non-hydrogen) atoms. The zero-order valence-electron chi connectivity index (χ0n) is 9.84. The Morgan fingerprint density at radius 2 is 1.47 bits per heavy atom. The molecule has 0 amide bonds. The second kappa shape index (κ2) is 5.64. The van der Waals surface area contributed by atoms with Gasteiger partial charge in [0.15, 0.2) is 0 Å². The number of methoxy groups -OCH3 is 2. The van der Waals surface area contributed by atoms with Crippen molar-refractivity contribution in [3.05, 3.63) is 48.5 Å². The van der Waals surface area contributed by atoms with Gasteiger partial charge in [-0.2, -0.15) is 0 Å². The normalized spacial score (nSPS) is 10.0. The van der Waals surface area contributed by atoms with Crippen LogP contribution in [0.1, 0.15) is 0 Å². The molecule has 0 radical (unpaired) electrons. The molecule has 0 heterocycles. The molecule has 2 nitrogen and oxygen atoms in total. The first kappa shape index (κ1) is 11.9. The number of hydrogen-bond acceptors (Lipinski definition) is 3. The van der Waals surface area contributed by atoms with E-state index in [0.29, 0.717) is 0 Å². The van der Waals surface area contributed by atoms with Crippen LogP contribution in [0.15, 0.2) is 58.3 Å². The Labute approximate surface area is 106 Å². The number of hydrogen-bond donors (Lipinski definition) is 0. The maximum Gasteiger partial charge on any atom is 0.119 e. The van der Waals surface area contributed by atoms with E-state index in [1.165, 1.54) is 4.90 Å². The highest BCUT2D eigenvalue weighted by atomic mass is 32.2. The Balaban J connectivity index is 2.13. The van der Waals surface area contributed by atoms with Crippen LogP contribution >= 0.6 is 11.8 Å². The van der Waals surface area contributed by atoms with E-state index in [-0.39, 0.29) is 0 Å². The molecule has 0 saturated heterocycles. The highest BCUT2D eigenvalue weighted by molar-refractivity contribution is 7.99. The van der Waals surface area contributed by atoms with Gasteiger partial charge in [0.25, 0.3) is 0 Å². The summed E-state index contributed by atoms with van der Waals surface area (Å²) in [6.45, 7) is 0. The first-order chi connectivity index (χ1) is 8.31. The van der Waals surface area contributed by atoms with Gasteiger partial charge < -0.3 is 9.47 Å². The summed E-state index contributed by atoms with van der Waals surface area (Å²) in [7, 11) is 3.35. The fourth-order valence-corrected chi connectivity index (χ4v) is 2.31. The first-order valence-corrected chi connectivity index (χ1v) is 6.09. The van der Waals surface area contributed by atoms with Crippen molar-refractivity contribution in [1.29, 1.82) is 0 Å². The summed E-state index contributed by atoms with van der Waals surface area (Å²) < 4.78 is 10.3. The van der Waals surface area contributed by atoms with Crippen LogP contribution in [0.4, 0.5) is 0 Å². The predicted molar refractivity (Wildman–Crippen MR) is 70.1 cm³/mol. The summed E-state index contributed by atoms with van der Waals surface area (Å²) in [5, 5.41) is 0. The first-order valence-electron chi connectivity index (χ1n) is 5.28. The second-order valence-corrected chi connectivity index (χ2v) is 4.60. The average molecular weight is 246 g/mol. The van der Waals surface area contributed by atoms with Crippen LogP contribution in [0, 0.1) is 0 Å². The standard InChI is InChI=1S/C14H14O2S/c1-15-11-6-8-13(9-7-11)17-14-5-3-4-12(10-14)16-2/h3-10H,1-2H3. The van der Waals surface area contributed by atoms with Gasteiger partial charge >= 0.3 is 0 Å². The third-order valence-electron chi connectivity index (χ3n) is 2.34. The van der Waals surface area contributed by atoms with E-state index in [1.807, 2.05) is 42.5 Å². The van der Waals surface area contributed by atoms with Crippen LogP contribution in [0.3, 0.4) is 0 Å². The summed E-state index contributed by atoms with van der Waals surface area (Å²) in [4.78, 5) is 2.34. The molecule has 0 fully saturated rings. The van der Waals surface area contributed by atoms with Gasteiger partial charge in [0.05, 0.1) is 14.2 Å². The Morgan fingerprint density at radius 1 is 0.765 bits per heavy atom. The molecule has 0 saturated carbocycles. The zero-order valence-corrected chi connectivity index (χ0v) is 10.7. The summed E-state index contributed by atoms with van der Waals surface area (Å²) in [6, 6.07) is 16.0. The lowest BCUT2D eigenvalue weighted by Crippen LogP contribution is -1.83. The van der Waals surface area contributed by atoms with Gasteiger partial charge in [0.2, 0.25) is 0 Å². The molecule has 2 aromatic carbocycles. The van der Waals surface area contributed by atoms with Crippen molar-refractivity contribution >= 4 is 11.8 Å². The highest BCUT2D eigenvalue weighted by Gasteiger charge is 1.99. The molecule has 0 aliphatic heterocycles. The molecule has 0 aliphatic carbocycles. The molecular formula is C14H14O2S. The Bertz CT molecular complexity index is 480. The smallest absolute Gasteiger partial charge is 0.119 e. The van der Waals surface area contributed by atoms with E-state index in [2.05, 4.69) is 6.07 Å². The van der Waals surface area contributed by atoms with E-state index in [0.717, 1.165) is 16.4 Å². The van der Waals surface area contributed by atoms with Gasteiger partial charge in [-0.15, -0.1) is 0 Å². The fourth-order valence-electron chi connectivity index (χ4n) is 1.44. The van der Waals surface area contributed by atoms with Crippen molar-refractivity contribution in [2.45, 2.75) is 9.79 Å². The predicted octanol–water partition coefficient (Wildman–Crippen LogP) is 3.86. The highest BCUT2D eigenvalue weighted by Crippen LogP contribution is 2.30. The second-order valence-electron chi connectivity index (χ2n) is 3.46. The lowest BCUT2D eigenvalue weighted by molar-refractivity contribution is 0.413. The van der Waals surface area contributed by atoms with E-state index < -0.39 is 0 Å². The van der Waals surface area contributed by atoms with Crippen LogP contribution in [0.25, 0.3) is 0 Å². The summed E-state index contributed by atoms with van der Waals surface area (Å²) in [5.74, 6) is 1.75. The van der Waals surface area contributed by atoms with E-state index in [4.69, 9.17) is 9.47 Å². The van der Waals surface area contributed by atoms with E-state index >= 15 is 0 Å². The van der Waals surface area contributed by atoms with Crippen LogP contribution in [-0.4, -0.2) is 14.2 Å². The SMILES string of the molecule is COc1ccc(Sc2cccc(OC)c2)cc1. The maximum absolute atomic E-state index is 5.20. The van der Waals surface area contributed by atoms with Crippen molar-refractivity contribution < 1.29 is 9.47 Å². The van der Waals surface area contributed by atoms with Crippen LogP contribution in [-0.2, 0) is 0 Å². The number of rotatable bonds is 4. The summed E-state index contributed by atoms with van der Waals surface area (Å²) in [5.41, 5.74) is 0. The minimum atomic E-state index is 0.875. The third-order valence-corrected chi connectivity index (χ3v) is 3.33. The minimum absolute atomic E-state index is 0.875. The quantitative estimate of drug-likeness (QED) is 0.816. The molecule has 0 bridgehead atoms. The minimum Gasteiger partial charge on any atom is -0.497 e. The molecule has 0 unspecified atom stereocenters. The fraction of sp³-hybridized carbons (Fsp3) is 0.143.